The summed E-state index contributed by atoms with van der Waals surface area (Å²) in [7, 11) is 0. The first-order valence-corrected chi connectivity index (χ1v) is 6.72. The minimum absolute atomic E-state index is 0.152. The highest BCUT2D eigenvalue weighted by Gasteiger charge is 2.24. The van der Waals surface area contributed by atoms with Crippen LogP contribution in [0.15, 0.2) is 24.3 Å². The van der Waals surface area contributed by atoms with Gasteiger partial charge in [-0.3, -0.25) is 4.79 Å². The summed E-state index contributed by atoms with van der Waals surface area (Å²) in [6.45, 7) is 3.55. The second kappa shape index (κ2) is 6.01. The van der Waals surface area contributed by atoms with Gasteiger partial charge in [0.25, 0.3) is 5.91 Å². The molecule has 3 nitrogen and oxygen atoms in total. The number of carbonyl (C=O) groups is 1. The van der Waals surface area contributed by atoms with Crippen LogP contribution >= 0.6 is 0 Å². The Morgan fingerprint density at radius 3 is 2.22 bits per heavy atom. The lowest BCUT2D eigenvalue weighted by Crippen LogP contribution is -2.35. The van der Waals surface area contributed by atoms with Gasteiger partial charge >= 0.3 is 0 Å². The average Bonchev–Trinajstić information content (AvgIpc) is 2.67. The molecule has 1 aliphatic heterocycles. The zero-order chi connectivity index (χ0) is 13.0. The second-order valence-corrected chi connectivity index (χ2v) is 5.05. The Balaban J connectivity index is 2.05. The highest BCUT2D eigenvalue weighted by Crippen LogP contribution is 2.19. The Kier molecular flexibility index (Phi) is 4.37. The number of aliphatic hydroxyl groups excluding tert-OH is 1. The highest BCUT2D eigenvalue weighted by molar-refractivity contribution is 5.82. The topological polar surface area (TPSA) is 40.5 Å². The molecule has 1 unspecified atom stereocenters. The highest BCUT2D eigenvalue weighted by atomic mass is 16.3. The van der Waals surface area contributed by atoms with Gasteiger partial charge in [0, 0.05) is 13.1 Å². The normalized spacial score (nSPS) is 18.2. The van der Waals surface area contributed by atoms with Gasteiger partial charge in [-0.05, 0) is 25.3 Å². The molecule has 1 N–H and O–H groups in total. The van der Waals surface area contributed by atoms with Crippen LogP contribution in [0.2, 0.25) is 0 Å². The van der Waals surface area contributed by atoms with Crippen molar-refractivity contribution in [2.24, 2.45) is 0 Å². The quantitative estimate of drug-likeness (QED) is 0.872. The van der Waals surface area contributed by atoms with Crippen LogP contribution in [0.5, 0.6) is 0 Å². The van der Waals surface area contributed by atoms with Crippen molar-refractivity contribution in [2.75, 3.05) is 13.1 Å². The summed E-state index contributed by atoms with van der Waals surface area (Å²) in [5, 5.41) is 10.1. The van der Waals surface area contributed by atoms with Crippen molar-refractivity contribution in [1.29, 1.82) is 0 Å². The van der Waals surface area contributed by atoms with Crippen molar-refractivity contribution in [3.05, 3.63) is 35.4 Å². The van der Waals surface area contributed by atoms with E-state index in [2.05, 4.69) is 0 Å². The van der Waals surface area contributed by atoms with Gasteiger partial charge in [-0.2, -0.15) is 0 Å². The lowest BCUT2D eigenvalue weighted by atomic mass is 10.1. The lowest BCUT2D eigenvalue weighted by molar-refractivity contribution is -0.140. The number of carbonyl (C=O) groups excluding carboxylic acids is 1. The van der Waals surface area contributed by atoms with Crippen LogP contribution in [-0.2, 0) is 4.79 Å². The van der Waals surface area contributed by atoms with Gasteiger partial charge in [0.1, 0.15) is 0 Å². The maximum absolute atomic E-state index is 12.2. The van der Waals surface area contributed by atoms with Gasteiger partial charge in [0.05, 0.1) is 0 Å². The molecule has 0 bridgehead atoms. The van der Waals surface area contributed by atoms with E-state index in [0.29, 0.717) is 5.56 Å². The largest absolute Gasteiger partial charge is 0.378 e. The van der Waals surface area contributed by atoms with Gasteiger partial charge < -0.3 is 10.0 Å². The summed E-state index contributed by atoms with van der Waals surface area (Å²) in [6, 6.07) is 7.51. The summed E-state index contributed by atoms with van der Waals surface area (Å²) in [6.07, 6.45) is 3.46. The molecule has 0 aliphatic carbocycles. The van der Waals surface area contributed by atoms with Gasteiger partial charge in [-0.25, -0.2) is 0 Å². The number of hydrogen-bond acceptors (Lipinski definition) is 2. The van der Waals surface area contributed by atoms with Crippen LogP contribution in [0.4, 0.5) is 0 Å². The predicted molar refractivity (Wildman–Crippen MR) is 71.2 cm³/mol. The fraction of sp³-hybridized carbons (Fsp3) is 0.533. The number of aliphatic hydroxyl groups is 1. The standard InChI is InChI=1S/C15H21NO2/c1-12-6-8-13(9-7-12)14(17)15(18)16-10-4-2-3-5-11-16/h6-9,14,17H,2-5,10-11H2,1H3. The van der Waals surface area contributed by atoms with E-state index in [4.69, 9.17) is 0 Å². The summed E-state index contributed by atoms with van der Waals surface area (Å²) < 4.78 is 0. The van der Waals surface area contributed by atoms with E-state index < -0.39 is 6.10 Å². The van der Waals surface area contributed by atoms with Gasteiger partial charge in [0.15, 0.2) is 6.10 Å². The fourth-order valence-electron chi connectivity index (χ4n) is 2.36. The van der Waals surface area contributed by atoms with Crippen LogP contribution in [0, 0.1) is 6.92 Å². The molecule has 0 saturated carbocycles. The van der Waals surface area contributed by atoms with Crippen LogP contribution < -0.4 is 0 Å². The second-order valence-electron chi connectivity index (χ2n) is 5.05. The van der Waals surface area contributed by atoms with Crippen molar-refractivity contribution in [3.63, 3.8) is 0 Å². The molecule has 1 aromatic rings. The Hall–Kier alpha value is -1.35. The molecule has 1 aliphatic rings. The Bertz CT molecular complexity index is 391. The summed E-state index contributed by atoms with van der Waals surface area (Å²) in [5.74, 6) is -0.152. The van der Waals surface area contributed by atoms with Gasteiger partial charge in [-0.15, -0.1) is 0 Å². The molecule has 1 atom stereocenters. The molecule has 1 aromatic carbocycles. The molecule has 1 fully saturated rings. The molecule has 2 rings (SSSR count). The number of likely N-dealkylation sites (tertiary alicyclic amines) is 1. The third-order valence-electron chi connectivity index (χ3n) is 3.54. The first-order valence-electron chi connectivity index (χ1n) is 6.72. The molecular weight excluding hydrogens is 226 g/mol. The molecule has 98 valence electrons. The van der Waals surface area contributed by atoms with Crippen molar-refractivity contribution in [2.45, 2.75) is 38.7 Å². The molecule has 0 spiro atoms. The molecule has 18 heavy (non-hydrogen) atoms. The van der Waals surface area contributed by atoms with Crippen LogP contribution in [0.1, 0.15) is 42.9 Å². The average molecular weight is 247 g/mol. The van der Waals surface area contributed by atoms with Crippen molar-refractivity contribution < 1.29 is 9.90 Å². The van der Waals surface area contributed by atoms with E-state index in [1.165, 1.54) is 12.8 Å². The molecule has 0 aromatic heterocycles. The van der Waals surface area contributed by atoms with Crippen molar-refractivity contribution in [1.82, 2.24) is 4.90 Å². The first-order chi connectivity index (χ1) is 8.68. The molecule has 1 heterocycles. The monoisotopic (exact) mass is 247 g/mol. The Morgan fingerprint density at radius 1 is 1.11 bits per heavy atom. The molecule has 1 amide bonds. The maximum Gasteiger partial charge on any atom is 0.256 e. The van der Waals surface area contributed by atoms with Gasteiger partial charge in [0.2, 0.25) is 0 Å². The number of aryl methyl sites for hydroxylation is 1. The zero-order valence-electron chi connectivity index (χ0n) is 10.9. The third-order valence-corrected chi connectivity index (χ3v) is 3.54. The van der Waals surface area contributed by atoms with E-state index in [-0.39, 0.29) is 5.91 Å². The van der Waals surface area contributed by atoms with E-state index in [1.807, 2.05) is 31.2 Å². The third kappa shape index (κ3) is 3.10. The number of hydrogen-bond donors (Lipinski definition) is 1. The SMILES string of the molecule is Cc1ccc(C(O)C(=O)N2CCCCCC2)cc1. The number of amides is 1. The van der Waals surface area contributed by atoms with Crippen LogP contribution in [-0.4, -0.2) is 29.0 Å². The molecule has 0 radical (unpaired) electrons. The summed E-state index contributed by atoms with van der Waals surface area (Å²) in [5.41, 5.74) is 1.82. The zero-order valence-corrected chi connectivity index (χ0v) is 10.9. The smallest absolute Gasteiger partial charge is 0.256 e. The maximum atomic E-state index is 12.2. The van der Waals surface area contributed by atoms with E-state index >= 15 is 0 Å². The summed E-state index contributed by atoms with van der Waals surface area (Å²) >= 11 is 0. The predicted octanol–water partition coefficient (Wildman–Crippen LogP) is 2.43. The van der Waals surface area contributed by atoms with E-state index in [9.17, 15) is 9.90 Å². The Labute approximate surface area is 108 Å². The first kappa shape index (κ1) is 13.1. The van der Waals surface area contributed by atoms with Crippen molar-refractivity contribution in [3.8, 4) is 0 Å². The van der Waals surface area contributed by atoms with E-state index in [1.54, 1.807) is 4.90 Å². The minimum atomic E-state index is -1.01. The summed E-state index contributed by atoms with van der Waals surface area (Å²) in [4.78, 5) is 14.0. The minimum Gasteiger partial charge on any atom is -0.378 e. The van der Waals surface area contributed by atoms with Crippen molar-refractivity contribution >= 4 is 5.91 Å². The van der Waals surface area contributed by atoms with E-state index in [0.717, 1.165) is 31.5 Å². The number of benzene rings is 1. The number of nitrogens with zero attached hydrogens (tertiary/aromatic N) is 1. The number of rotatable bonds is 2. The van der Waals surface area contributed by atoms with Crippen LogP contribution in [0.3, 0.4) is 0 Å². The lowest BCUT2D eigenvalue weighted by Gasteiger charge is -2.23. The van der Waals surface area contributed by atoms with Crippen LogP contribution in [0.25, 0.3) is 0 Å². The molecular formula is C15H21NO2. The molecule has 3 heteroatoms. The fourth-order valence-corrected chi connectivity index (χ4v) is 2.36. The molecule has 1 saturated heterocycles. The Morgan fingerprint density at radius 2 is 1.67 bits per heavy atom. The van der Waals surface area contributed by atoms with Gasteiger partial charge in [-0.1, -0.05) is 42.7 Å².